The van der Waals surface area contributed by atoms with Gasteiger partial charge in [0.25, 0.3) is 0 Å². The summed E-state index contributed by atoms with van der Waals surface area (Å²) in [6.07, 6.45) is 9.63. The molecule has 2 aliphatic carbocycles. The zero-order valence-electron chi connectivity index (χ0n) is 17.6. The maximum atomic E-state index is 3.70. The van der Waals surface area contributed by atoms with Crippen molar-refractivity contribution in [2.45, 2.75) is 60.1 Å². The molecular weight excluding hydrogens is 503 g/mol. The Hall–Kier alpha value is 0.343. The molecule has 5 heteroatoms. The van der Waals surface area contributed by atoms with Gasteiger partial charge in [-0.25, -0.2) is 6.08 Å². The van der Waals surface area contributed by atoms with E-state index in [1.54, 1.807) is 24.2 Å². The van der Waals surface area contributed by atoms with Crippen LogP contribution in [-0.4, -0.2) is 8.46 Å². The van der Waals surface area contributed by atoms with Crippen LogP contribution in [0.2, 0.25) is 0 Å². The average Bonchev–Trinajstić information content (AvgIpc) is 3.18. The summed E-state index contributed by atoms with van der Waals surface area (Å²) in [7, 11) is 0. The zero-order chi connectivity index (χ0) is 19.2. The van der Waals surface area contributed by atoms with Crippen LogP contribution in [0.1, 0.15) is 52.8 Å². The standard InChI is InChI=1S/C20H21S2.C3H6.2ClH.Zr/c1-11-8-15-16(21-11)10-17-19(15)18(12(2)22-17)13-6-7-14(9-13)20(3,4)5;1-3-2;;;/h7-9,17H,6H2,1-5H3;1-2H3;2*1H;/q-1;;;;. The summed E-state index contributed by atoms with van der Waals surface area (Å²) < 4.78 is 2.87. The molecule has 1 atom stereocenters. The van der Waals surface area contributed by atoms with Crippen LogP contribution < -0.4 is 9.75 Å². The van der Waals surface area contributed by atoms with Crippen LogP contribution in [0, 0.1) is 12.3 Å². The Bertz CT molecular complexity index is 981. The molecule has 1 aliphatic heterocycles. The third-order valence-electron chi connectivity index (χ3n) is 4.64. The van der Waals surface area contributed by atoms with Gasteiger partial charge in [-0.15, -0.1) is 52.7 Å². The van der Waals surface area contributed by atoms with Gasteiger partial charge >= 0.3 is 41.3 Å². The van der Waals surface area contributed by atoms with Crippen molar-refractivity contribution in [2.75, 3.05) is 0 Å². The second kappa shape index (κ2) is 10.1. The number of allylic oxidation sites excluding steroid dienone is 6. The van der Waals surface area contributed by atoms with E-state index in [0.717, 1.165) is 6.42 Å². The fourth-order valence-corrected chi connectivity index (χ4v) is 5.84. The van der Waals surface area contributed by atoms with E-state index in [4.69, 9.17) is 0 Å². The van der Waals surface area contributed by atoms with Crippen LogP contribution >= 0.6 is 47.9 Å². The normalized spacial score (nSPS) is 19.4. The first-order valence-corrected chi connectivity index (χ1v) is 12.1. The van der Waals surface area contributed by atoms with Gasteiger partial charge in [-0.2, -0.15) is 16.6 Å². The second-order valence-electron chi connectivity index (χ2n) is 8.37. The first-order valence-electron chi connectivity index (χ1n) is 9.13. The predicted molar refractivity (Wildman–Crippen MR) is 130 cm³/mol. The molecule has 1 aromatic heterocycles. The molecule has 0 fully saturated rings. The van der Waals surface area contributed by atoms with Crippen LogP contribution in [-0.2, 0) is 24.2 Å². The largest absolute Gasteiger partial charge is 0.147 e. The molecule has 0 saturated carbocycles. The number of thiophene rings is 1. The van der Waals surface area contributed by atoms with Gasteiger partial charge in [0.2, 0.25) is 0 Å². The molecule has 0 amide bonds. The predicted octanol–water partition coefficient (Wildman–Crippen LogP) is 6.16. The number of hydrogen-bond donors (Lipinski definition) is 0. The molecule has 0 radical (unpaired) electrons. The molecule has 1 unspecified atom stereocenters. The molecule has 4 rings (SSSR count). The number of rotatable bonds is 1. The Morgan fingerprint density at radius 2 is 1.79 bits per heavy atom. The van der Waals surface area contributed by atoms with Crippen molar-refractivity contribution in [1.29, 1.82) is 0 Å². The molecule has 0 nitrogen and oxygen atoms in total. The number of thioether (sulfide) groups is 1. The van der Waals surface area contributed by atoms with Crippen LogP contribution in [0.15, 0.2) is 39.8 Å². The van der Waals surface area contributed by atoms with E-state index in [9.17, 15) is 0 Å². The molecule has 152 valence electrons. The molecule has 3 aliphatic rings. The maximum absolute atomic E-state index is 3.70. The van der Waals surface area contributed by atoms with E-state index in [0.29, 0.717) is 5.25 Å². The third-order valence-corrected chi connectivity index (χ3v) is 6.77. The molecule has 1 aromatic rings. The molecule has 2 heterocycles. The summed E-state index contributed by atoms with van der Waals surface area (Å²) in [5, 5.41) is 1.87. The van der Waals surface area contributed by atoms with E-state index in [-0.39, 0.29) is 30.2 Å². The topological polar surface area (TPSA) is 0 Å². The Labute approximate surface area is 205 Å². The number of hydrogen-bond acceptors (Lipinski definition) is 2. The van der Waals surface area contributed by atoms with Crippen molar-refractivity contribution in [3.8, 4) is 0 Å². The molecule has 0 N–H and O–H groups in total. The molecule has 0 saturated heterocycles. The summed E-state index contributed by atoms with van der Waals surface area (Å²) in [4.78, 5) is 2.86. The first-order chi connectivity index (χ1) is 12.1. The van der Waals surface area contributed by atoms with Gasteiger partial charge in [0, 0.05) is 0 Å². The fourth-order valence-electron chi connectivity index (χ4n) is 3.55. The summed E-state index contributed by atoms with van der Waals surface area (Å²) in [5.74, 6) is 0. The summed E-state index contributed by atoms with van der Waals surface area (Å²) in [6.45, 7) is 15.6. The molecule has 0 spiro atoms. The maximum Gasteiger partial charge on any atom is -0.147 e. The van der Waals surface area contributed by atoms with Gasteiger partial charge in [-0.3, -0.25) is 0 Å². The second-order valence-corrected chi connectivity index (χ2v) is 13.4. The van der Waals surface area contributed by atoms with E-state index in [1.165, 1.54) is 45.0 Å². The van der Waals surface area contributed by atoms with Crippen molar-refractivity contribution in [1.82, 2.24) is 0 Å². The quantitative estimate of drug-likeness (QED) is 0.391. The molecule has 28 heavy (non-hydrogen) atoms. The van der Waals surface area contributed by atoms with Crippen LogP contribution in [0.3, 0.4) is 0 Å². The molecular formula is C23H29Cl2S2Zr-. The van der Waals surface area contributed by atoms with Crippen LogP contribution in [0.4, 0.5) is 0 Å². The minimum absolute atomic E-state index is 0. The van der Waals surface area contributed by atoms with Crippen molar-refractivity contribution in [3.63, 3.8) is 0 Å². The Kier molecular flexibility index (Phi) is 9.52. The van der Waals surface area contributed by atoms with Crippen molar-refractivity contribution >= 4 is 62.8 Å². The fraction of sp³-hybridized carbons (Fsp3) is 0.435. The van der Waals surface area contributed by atoms with Gasteiger partial charge in [0.15, 0.2) is 0 Å². The number of fused-ring (bicyclic) bond motifs is 2. The van der Waals surface area contributed by atoms with Gasteiger partial charge in [-0.05, 0) is 57.4 Å². The zero-order valence-corrected chi connectivity index (χ0v) is 23.4. The van der Waals surface area contributed by atoms with Gasteiger partial charge in [0.1, 0.15) is 0 Å². The van der Waals surface area contributed by atoms with E-state index in [1.807, 2.05) is 23.1 Å². The summed E-state index contributed by atoms with van der Waals surface area (Å²) in [6, 6.07) is 2.36. The van der Waals surface area contributed by atoms with Gasteiger partial charge in [-0.1, -0.05) is 32.9 Å². The average molecular weight is 532 g/mol. The third kappa shape index (κ3) is 5.52. The van der Waals surface area contributed by atoms with Crippen molar-refractivity contribution in [2.24, 2.45) is 5.41 Å². The molecule has 0 aromatic carbocycles. The SMILES string of the molecule is CC1=C(C2=CC(C(C)(C)C)=CC2)C2=c3cc(C)sc3=[C-]C2S1.C[C](C)=[Zr].Cl.Cl. The van der Waals surface area contributed by atoms with E-state index < -0.39 is 0 Å². The Balaban J connectivity index is 0.000000601. The summed E-state index contributed by atoms with van der Waals surface area (Å²) in [5.41, 5.74) is 6.26. The van der Waals surface area contributed by atoms with E-state index in [2.05, 4.69) is 72.8 Å². The monoisotopic (exact) mass is 529 g/mol. The molecule has 0 bridgehead atoms. The van der Waals surface area contributed by atoms with Crippen molar-refractivity contribution in [3.05, 3.63) is 54.5 Å². The number of aryl methyl sites for hydroxylation is 1. The van der Waals surface area contributed by atoms with Gasteiger partial charge < -0.3 is 0 Å². The summed E-state index contributed by atoms with van der Waals surface area (Å²) >= 11 is 5.42. The van der Waals surface area contributed by atoms with E-state index >= 15 is 0 Å². The first kappa shape index (κ1) is 26.4. The Morgan fingerprint density at radius 3 is 2.32 bits per heavy atom. The minimum Gasteiger partial charge on any atom is -0.147 e. The Morgan fingerprint density at radius 1 is 1.18 bits per heavy atom. The van der Waals surface area contributed by atoms with Gasteiger partial charge in [0.05, 0.1) is 0 Å². The van der Waals surface area contributed by atoms with Crippen LogP contribution in [0.5, 0.6) is 0 Å². The van der Waals surface area contributed by atoms with Crippen molar-refractivity contribution < 1.29 is 24.2 Å². The smallest absolute Gasteiger partial charge is 0.147 e. The van der Waals surface area contributed by atoms with Crippen LogP contribution in [0.25, 0.3) is 11.6 Å². The number of halogens is 2. The minimum atomic E-state index is 0.